The number of hydrogen-bond donors (Lipinski definition) is 1. The van der Waals surface area contributed by atoms with Crippen LogP contribution in [0.15, 0.2) is 34.5 Å². The second-order valence-electron chi connectivity index (χ2n) is 6.74. The molecule has 1 fully saturated rings. The normalized spacial score (nSPS) is 15.6. The summed E-state index contributed by atoms with van der Waals surface area (Å²) in [5, 5.41) is 1.44. The smallest absolute Gasteiger partial charge is 0.378 e. The molecule has 0 radical (unpaired) electrons. The first-order valence-electron chi connectivity index (χ1n) is 9.02. The number of ether oxygens (including phenoxy) is 1. The maximum absolute atomic E-state index is 13.4. The van der Waals surface area contributed by atoms with Gasteiger partial charge < -0.3 is 9.64 Å². The van der Waals surface area contributed by atoms with Crippen LogP contribution in [-0.4, -0.2) is 45.5 Å². The highest BCUT2D eigenvalue weighted by atomic mass is 32.2. The van der Waals surface area contributed by atoms with Crippen molar-refractivity contribution in [1.82, 2.24) is 4.90 Å². The first-order chi connectivity index (χ1) is 14.8. The van der Waals surface area contributed by atoms with Gasteiger partial charge in [0.15, 0.2) is 0 Å². The Morgan fingerprint density at radius 2 is 1.72 bits per heavy atom. The van der Waals surface area contributed by atoms with Crippen LogP contribution in [0.1, 0.15) is 16.0 Å². The number of carbonyl (C=O) groups is 1. The Bertz CT molecular complexity index is 1090. The van der Waals surface area contributed by atoms with Crippen molar-refractivity contribution in [2.75, 3.05) is 31.0 Å². The van der Waals surface area contributed by atoms with Gasteiger partial charge >= 0.3 is 12.4 Å². The van der Waals surface area contributed by atoms with E-state index >= 15 is 0 Å². The van der Waals surface area contributed by atoms with Crippen LogP contribution in [0.4, 0.5) is 32.0 Å². The lowest BCUT2D eigenvalue weighted by atomic mass is 10.1. The monoisotopic (exact) mass is 502 g/mol. The first kappa shape index (κ1) is 24.3. The lowest BCUT2D eigenvalue weighted by molar-refractivity contribution is -0.144. The van der Waals surface area contributed by atoms with Crippen LogP contribution in [0, 0.1) is 0 Å². The maximum atomic E-state index is 13.4. The van der Waals surface area contributed by atoms with Crippen molar-refractivity contribution in [3.05, 3.63) is 45.6 Å². The Morgan fingerprint density at radius 1 is 1.06 bits per heavy atom. The zero-order chi connectivity index (χ0) is 23.7. The van der Waals surface area contributed by atoms with Gasteiger partial charge in [-0.3, -0.25) is 9.52 Å². The fourth-order valence-electron chi connectivity index (χ4n) is 2.99. The van der Waals surface area contributed by atoms with E-state index in [-0.39, 0.29) is 41.1 Å². The quantitative estimate of drug-likeness (QED) is 0.628. The van der Waals surface area contributed by atoms with Crippen molar-refractivity contribution in [3.8, 4) is 0 Å². The highest BCUT2D eigenvalue weighted by molar-refractivity contribution is 7.92. The number of hydrogen-bond acceptors (Lipinski definition) is 5. The number of carbonyl (C=O) groups excluding carboxylic acids is 1. The Morgan fingerprint density at radius 3 is 2.31 bits per heavy atom. The summed E-state index contributed by atoms with van der Waals surface area (Å²) in [5.74, 6) is -0.318. The molecule has 0 aliphatic carbocycles. The molecule has 1 N–H and O–H groups in total. The summed E-state index contributed by atoms with van der Waals surface area (Å²) in [4.78, 5) is 12.8. The zero-order valence-corrected chi connectivity index (χ0v) is 17.7. The largest absolute Gasteiger partial charge is 0.417 e. The number of morpholine rings is 1. The van der Waals surface area contributed by atoms with Gasteiger partial charge in [-0.05, 0) is 29.6 Å². The van der Waals surface area contributed by atoms with E-state index in [1.807, 2.05) is 4.72 Å². The molecule has 2 aromatic rings. The summed E-state index contributed by atoms with van der Waals surface area (Å²) in [6, 6.07) is 1.55. The minimum atomic E-state index is -5.35. The average molecular weight is 502 g/mol. The number of amides is 1. The predicted octanol–water partition coefficient (Wildman–Crippen LogP) is 3.99. The Balaban J connectivity index is 1.89. The van der Waals surface area contributed by atoms with E-state index in [1.165, 1.54) is 16.3 Å². The third-order valence-corrected chi connectivity index (χ3v) is 6.91. The molecule has 6 nitrogen and oxygen atoms in total. The summed E-state index contributed by atoms with van der Waals surface area (Å²) in [5.41, 5.74) is -3.69. The van der Waals surface area contributed by atoms with Crippen molar-refractivity contribution in [3.63, 3.8) is 0 Å². The molecule has 0 atom stereocenters. The molecule has 0 unspecified atom stereocenters. The Hall–Kier alpha value is -2.32. The number of rotatable bonds is 5. The van der Waals surface area contributed by atoms with Gasteiger partial charge in [0.25, 0.3) is 10.0 Å². The maximum Gasteiger partial charge on any atom is 0.417 e. The van der Waals surface area contributed by atoms with Crippen molar-refractivity contribution in [2.45, 2.75) is 23.7 Å². The van der Waals surface area contributed by atoms with E-state index in [0.29, 0.717) is 26.3 Å². The molecule has 0 saturated carbocycles. The van der Waals surface area contributed by atoms with E-state index in [9.17, 15) is 39.6 Å². The molecule has 176 valence electrons. The van der Waals surface area contributed by atoms with E-state index in [4.69, 9.17) is 4.74 Å². The molecule has 1 saturated heterocycles. The van der Waals surface area contributed by atoms with Crippen molar-refractivity contribution in [1.29, 1.82) is 0 Å². The standard InChI is InChI=1S/C18H16F6N2O4S2/c19-17(20,21)11-1-2-15(12(9-11)18(22,23)24)32(28,29)25-13-3-8-31-14(13)10-16(27)26-4-6-30-7-5-26/h1-3,8-9,25H,4-7,10H2. The van der Waals surface area contributed by atoms with Crippen LogP contribution in [0.5, 0.6) is 0 Å². The molecule has 3 rings (SSSR count). The highest BCUT2D eigenvalue weighted by Gasteiger charge is 2.41. The lowest BCUT2D eigenvalue weighted by Crippen LogP contribution is -2.41. The fourth-order valence-corrected chi connectivity index (χ4v) is 5.18. The molecular weight excluding hydrogens is 486 g/mol. The molecule has 0 bridgehead atoms. The molecule has 1 aliphatic rings. The Kier molecular flexibility index (Phi) is 6.77. The third kappa shape index (κ3) is 5.53. The fraction of sp³-hybridized carbons (Fsp3) is 0.389. The molecule has 2 heterocycles. The molecule has 1 aromatic heterocycles. The van der Waals surface area contributed by atoms with E-state index in [1.54, 1.807) is 0 Å². The molecule has 1 amide bonds. The van der Waals surface area contributed by atoms with Crippen molar-refractivity contribution < 1.29 is 44.3 Å². The minimum absolute atomic E-state index is 0.121. The van der Waals surface area contributed by atoms with Crippen LogP contribution in [0.25, 0.3) is 0 Å². The van der Waals surface area contributed by atoms with Gasteiger partial charge in [-0.1, -0.05) is 0 Å². The second kappa shape index (κ2) is 8.90. The van der Waals surface area contributed by atoms with Gasteiger partial charge in [0.2, 0.25) is 5.91 Å². The van der Waals surface area contributed by atoms with Crippen LogP contribution < -0.4 is 4.72 Å². The van der Waals surface area contributed by atoms with Crippen molar-refractivity contribution >= 4 is 33.0 Å². The van der Waals surface area contributed by atoms with Crippen LogP contribution >= 0.6 is 11.3 Å². The van der Waals surface area contributed by atoms with Crippen molar-refractivity contribution in [2.24, 2.45) is 0 Å². The number of sulfonamides is 1. The van der Waals surface area contributed by atoms with Gasteiger partial charge in [0.1, 0.15) is 0 Å². The zero-order valence-electron chi connectivity index (χ0n) is 16.1. The summed E-state index contributed by atoms with van der Waals surface area (Å²) in [6.45, 7) is 1.41. The van der Waals surface area contributed by atoms with E-state index in [2.05, 4.69) is 0 Å². The summed E-state index contributed by atoms with van der Waals surface area (Å²) in [7, 11) is -4.92. The van der Waals surface area contributed by atoms with Gasteiger partial charge in [0, 0.05) is 18.0 Å². The van der Waals surface area contributed by atoms with Crippen LogP contribution in [0.3, 0.4) is 0 Å². The summed E-state index contributed by atoms with van der Waals surface area (Å²) < 4.78 is 111. The van der Waals surface area contributed by atoms with Gasteiger partial charge in [-0.2, -0.15) is 26.3 Å². The van der Waals surface area contributed by atoms with Gasteiger partial charge in [0.05, 0.1) is 41.3 Å². The number of halogens is 6. The molecule has 1 aromatic carbocycles. The molecule has 32 heavy (non-hydrogen) atoms. The highest BCUT2D eigenvalue weighted by Crippen LogP contribution is 2.39. The second-order valence-corrected chi connectivity index (χ2v) is 9.39. The van der Waals surface area contributed by atoms with Gasteiger partial charge in [-0.15, -0.1) is 11.3 Å². The predicted molar refractivity (Wildman–Crippen MR) is 103 cm³/mol. The van der Waals surface area contributed by atoms with Crippen LogP contribution in [0.2, 0.25) is 0 Å². The Labute approximate surface area is 182 Å². The summed E-state index contributed by atoms with van der Waals surface area (Å²) >= 11 is 1.02. The minimum Gasteiger partial charge on any atom is -0.378 e. The molecule has 1 aliphatic heterocycles. The number of nitrogens with one attached hydrogen (secondary N) is 1. The number of anilines is 1. The van der Waals surface area contributed by atoms with Crippen LogP contribution in [-0.2, 0) is 38.3 Å². The molecular formula is C18H16F6N2O4S2. The molecule has 14 heteroatoms. The third-order valence-electron chi connectivity index (χ3n) is 4.57. The lowest BCUT2D eigenvalue weighted by Gasteiger charge is -2.26. The SMILES string of the molecule is O=C(Cc1sccc1NS(=O)(=O)c1ccc(C(F)(F)F)cc1C(F)(F)F)N1CCOCC1. The number of thiophene rings is 1. The van der Waals surface area contributed by atoms with E-state index < -0.39 is 38.4 Å². The summed E-state index contributed by atoms with van der Waals surface area (Å²) in [6.07, 6.45) is -10.6. The topological polar surface area (TPSA) is 75.7 Å². The van der Waals surface area contributed by atoms with Gasteiger partial charge in [-0.25, -0.2) is 8.42 Å². The molecule has 0 spiro atoms. The first-order valence-corrected chi connectivity index (χ1v) is 11.4. The van der Waals surface area contributed by atoms with E-state index in [0.717, 1.165) is 11.3 Å². The average Bonchev–Trinajstić information content (AvgIpc) is 3.12. The number of alkyl halides is 6. The number of benzene rings is 1. The number of nitrogens with zero attached hydrogens (tertiary/aromatic N) is 1.